The van der Waals surface area contributed by atoms with E-state index in [0.717, 1.165) is 48.6 Å². The van der Waals surface area contributed by atoms with Crippen molar-refractivity contribution >= 4 is 34.2 Å². The lowest BCUT2D eigenvalue weighted by atomic mass is 9.97. The molecule has 1 aliphatic rings. The number of nitrogens with two attached hydrogens (primary N) is 1. The molecule has 3 heterocycles. The molecule has 0 atom stereocenters. The first kappa shape index (κ1) is 27.8. The second kappa shape index (κ2) is 11.0. The molecule has 0 aliphatic carbocycles. The number of methoxy groups -OCH3 is 1. The summed E-state index contributed by atoms with van der Waals surface area (Å²) in [6.07, 6.45) is 0.712. The van der Waals surface area contributed by atoms with Gasteiger partial charge in [-0.15, -0.1) is 0 Å². The minimum absolute atomic E-state index is 0.284. The minimum atomic E-state index is -0.334. The van der Waals surface area contributed by atoms with Gasteiger partial charge in [0.2, 0.25) is 5.95 Å². The first-order chi connectivity index (χ1) is 19.0. The Morgan fingerprint density at radius 2 is 1.68 bits per heavy atom. The highest BCUT2D eigenvalue weighted by Gasteiger charge is 2.23. The van der Waals surface area contributed by atoms with E-state index in [1.54, 1.807) is 7.11 Å². The number of ether oxygens (including phenoxy) is 1. The number of anilines is 4. The van der Waals surface area contributed by atoms with Gasteiger partial charge in [-0.2, -0.15) is 10.1 Å². The molecule has 3 N–H and O–H groups in total. The molecule has 1 aliphatic heterocycles. The number of fused-ring (bicyclic) bond motifs is 1. The normalized spacial score (nSPS) is 14.7. The summed E-state index contributed by atoms with van der Waals surface area (Å²) in [6, 6.07) is 11.4. The van der Waals surface area contributed by atoms with Crippen molar-refractivity contribution in [1.82, 2.24) is 24.6 Å². The average Bonchev–Trinajstić information content (AvgIpc) is 3.23. The maximum Gasteiger partial charge on any atom is 0.229 e. The number of nitrogen functional groups attached to an aromatic ring is 1. The summed E-state index contributed by atoms with van der Waals surface area (Å²) in [7, 11) is 3.86. The number of aryl methyl sites for hydroxylation is 3. The van der Waals surface area contributed by atoms with Crippen LogP contribution in [0.4, 0.5) is 27.5 Å². The van der Waals surface area contributed by atoms with Gasteiger partial charge in [0.1, 0.15) is 5.82 Å². The third-order valence-corrected chi connectivity index (χ3v) is 7.82. The van der Waals surface area contributed by atoms with Crippen molar-refractivity contribution in [1.29, 1.82) is 0 Å². The molecule has 40 heavy (non-hydrogen) atoms. The predicted molar refractivity (Wildman–Crippen MR) is 160 cm³/mol. The van der Waals surface area contributed by atoms with Crippen LogP contribution in [-0.2, 0) is 11.3 Å². The van der Waals surface area contributed by atoms with Crippen molar-refractivity contribution in [3.63, 3.8) is 0 Å². The molecular weight excluding hydrogens is 507 g/mol. The van der Waals surface area contributed by atoms with Gasteiger partial charge in [-0.1, -0.05) is 0 Å². The SMILES string of the molecule is COC(C)(C)CCn1nc(N)c2c(-c3c(C)cc(F)cc3C)nc(Nc3ccc(N4CCN(C)CC4)cc3)nc21. The van der Waals surface area contributed by atoms with Crippen molar-refractivity contribution in [3.05, 3.63) is 53.3 Å². The van der Waals surface area contributed by atoms with Crippen molar-refractivity contribution in [2.75, 3.05) is 56.3 Å². The Kier molecular flexibility index (Phi) is 7.65. The van der Waals surface area contributed by atoms with Gasteiger partial charge in [-0.25, -0.2) is 14.1 Å². The Labute approximate surface area is 235 Å². The van der Waals surface area contributed by atoms with Crippen LogP contribution in [-0.4, -0.2) is 70.6 Å². The number of likely N-dealkylation sites (N-methyl/N-ethyl adjacent to an activating group) is 1. The molecular formula is C30H39FN8O. The Morgan fingerprint density at radius 1 is 1.02 bits per heavy atom. The standard InChI is InChI=1S/C30H39FN8O/c1-19-17-21(31)18-20(2)24(19)26-25-27(32)36-39(12-11-30(3,4)40-6)28(25)35-29(34-26)33-22-7-9-23(10-8-22)38-15-13-37(5)14-16-38/h7-10,17-18H,11-16H2,1-6H3,(H2,32,36)(H,33,34,35). The Hall–Kier alpha value is -3.76. The molecule has 1 fully saturated rings. The largest absolute Gasteiger partial charge is 0.382 e. The van der Waals surface area contributed by atoms with Gasteiger partial charge in [0.25, 0.3) is 0 Å². The Morgan fingerprint density at radius 3 is 2.30 bits per heavy atom. The molecule has 2 aromatic carbocycles. The van der Waals surface area contributed by atoms with E-state index in [2.05, 4.69) is 39.4 Å². The molecule has 2 aromatic heterocycles. The van der Waals surface area contributed by atoms with Gasteiger partial charge in [-0.3, -0.25) is 0 Å². The number of hydrogen-bond acceptors (Lipinski definition) is 8. The maximum absolute atomic E-state index is 14.2. The van der Waals surface area contributed by atoms with E-state index in [1.807, 2.05) is 44.5 Å². The van der Waals surface area contributed by atoms with E-state index in [9.17, 15) is 4.39 Å². The third-order valence-electron chi connectivity index (χ3n) is 7.82. The third kappa shape index (κ3) is 5.73. The Bertz CT molecular complexity index is 1480. The van der Waals surface area contributed by atoms with E-state index in [1.165, 1.54) is 17.8 Å². The number of hydrogen-bond donors (Lipinski definition) is 2. The number of nitrogens with one attached hydrogen (secondary N) is 1. The molecule has 0 amide bonds. The number of piperazine rings is 1. The smallest absolute Gasteiger partial charge is 0.229 e. The fraction of sp³-hybridized carbons (Fsp3) is 0.433. The molecule has 9 nitrogen and oxygen atoms in total. The van der Waals surface area contributed by atoms with E-state index < -0.39 is 0 Å². The van der Waals surface area contributed by atoms with Crippen LogP contribution in [0.3, 0.4) is 0 Å². The van der Waals surface area contributed by atoms with Crippen LogP contribution in [0.5, 0.6) is 0 Å². The molecule has 0 spiro atoms. The zero-order chi connectivity index (χ0) is 28.6. The monoisotopic (exact) mass is 546 g/mol. The summed E-state index contributed by atoms with van der Waals surface area (Å²) in [4.78, 5) is 14.5. The lowest BCUT2D eigenvalue weighted by Gasteiger charge is -2.34. The highest BCUT2D eigenvalue weighted by molar-refractivity contribution is 6.00. The van der Waals surface area contributed by atoms with Crippen molar-refractivity contribution in [3.8, 4) is 11.3 Å². The molecule has 4 aromatic rings. The van der Waals surface area contributed by atoms with E-state index in [4.69, 9.17) is 20.4 Å². The van der Waals surface area contributed by atoms with Crippen molar-refractivity contribution in [2.24, 2.45) is 0 Å². The number of benzene rings is 2. The highest BCUT2D eigenvalue weighted by atomic mass is 19.1. The summed E-state index contributed by atoms with van der Waals surface area (Å²) < 4.78 is 21.6. The second-order valence-electron chi connectivity index (χ2n) is 11.3. The van der Waals surface area contributed by atoms with Gasteiger partial charge in [0.15, 0.2) is 11.5 Å². The van der Waals surface area contributed by atoms with Crippen LogP contribution in [0.25, 0.3) is 22.3 Å². The molecule has 0 bridgehead atoms. The number of nitrogens with zero attached hydrogens (tertiary/aromatic N) is 6. The fourth-order valence-corrected chi connectivity index (χ4v) is 5.20. The maximum atomic E-state index is 14.2. The van der Waals surface area contributed by atoms with Gasteiger partial charge in [0.05, 0.1) is 16.7 Å². The molecule has 0 saturated carbocycles. The van der Waals surface area contributed by atoms with Crippen LogP contribution in [0.2, 0.25) is 0 Å². The van der Waals surface area contributed by atoms with Gasteiger partial charge >= 0.3 is 0 Å². The first-order valence-corrected chi connectivity index (χ1v) is 13.7. The van der Waals surface area contributed by atoms with Crippen molar-refractivity contribution in [2.45, 2.75) is 46.3 Å². The van der Waals surface area contributed by atoms with Crippen LogP contribution in [0.15, 0.2) is 36.4 Å². The average molecular weight is 547 g/mol. The second-order valence-corrected chi connectivity index (χ2v) is 11.3. The van der Waals surface area contributed by atoms with E-state index in [-0.39, 0.29) is 11.4 Å². The number of aromatic nitrogens is 4. The summed E-state index contributed by atoms with van der Waals surface area (Å²) in [5, 5.41) is 8.67. The zero-order valence-corrected chi connectivity index (χ0v) is 24.3. The molecule has 1 saturated heterocycles. The minimum Gasteiger partial charge on any atom is -0.382 e. The molecule has 10 heteroatoms. The lowest BCUT2D eigenvalue weighted by Crippen LogP contribution is -2.44. The fourth-order valence-electron chi connectivity index (χ4n) is 5.20. The Balaban J connectivity index is 1.55. The van der Waals surface area contributed by atoms with Gasteiger partial charge in [-0.05, 0) is 88.7 Å². The molecule has 212 valence electrons. The van der Waals surface area contributed by atoms with Gasteiger partial charge in [0, 0.05) is 56.8 Å². The predicted octanol–water partition coefficient (Wildman–Crippen LogP) is 5.14. The van der Waals surface area contributed by atoms with Gasteiger partial charge < -0.3 is 25.6 Å². The van der Waals surface area contributed by atoms with E-state index in [0.29, 0.717) is 41.5 Å². The summed E-state index contributed by atoms with van der Waals surface area (Å²) in [5.74, 6) is 0.477. The highest BCUT2D eigenvalue weighted by Crippen LogP contribution is 2.36. The quantitative estimate of drug-likeness (QED) is 0.314. The summed E-state index contributed by atoms with van der Waals surface area (Å²) in [6.45, 7) is 12.5. The number of rotatable bonds is 8. The molecule has 0 radical (unpaired) electrons. The summed E-state index contributed by atoms with van der Waals surface area (Å²) >= 11 is 0. The zero-order valence-electron chi connectivity index (χ0n) is 24.3. The molecule has 5 rings (SSSR count). The van der Waals surface area contributed by atoms with E-state index >= 15 is 0 Å². The number of halogens is 1. The lowest BCUT2D eigenvalue weighted by molar-refractivity contribution is 0.0116. The van der Waals surface area contributed by atoms with Crippen LogP contribution in [0, 0.1) is 19.7 Å². The first-order valence-electron chi connectivity index (χ1n) is 13.7. The van der Waals surface area contributed by atoms with Crippen LogP contribution >= 0.6 is 0 Å². The topological polar surface area (TPSA) is 97.4 Å². The summed E-state index contributed by atoms with van der Waals surface area (Å²) in [5.41, 5.74) is 11.8. The van der Waals surface area contributed by atoms with Crippen LogP contribution < -0.4 is 16.0 Å². The molecule has 0 unspecified atom stereocenters. The van der Waals surface area contributed by atoms with Crippen molar-refractivity contribution < 1.29 is 9.13 Å². The van der Waals surface area contributed by atoms with Crippen LogP contribution in [0.1, 0.15) is 31.4 Å².